The molecule has 146 valence electrons. The third-order valence-electron chi connectivity index (χ3n) is 4.79. The molecule has 28 heavy (non-hydrogen) atoms. The van der Waals surface area contributed by atoms with Crippen LogP contribution < -0.4 is 0 Å². The maximum atomic E-state index is 12.6. The van der Waals surface area contributed by atoms with Crippen molar-refractivity contribution in [2.24, 2.45) is 0 Å². The molecule has 3 rings (SSSR count). The normalized spacial score (nSPS) is 11.0. The van der Waals surface area contributed by atoms with Gasteiger partial charge in [-0.05, 0) is 36.7 Å². The summed E-state index contributed by atoms with van der Waals surface area (Å²) < 4.78 is 1.83. The topological polar surface area (TPSA) is 41.4 Å². The van der Waals surface area contributed by atoms with Crippen LogP contribution in [0, 0.1) is 0 Å². The van der Waals surface area contributed by atoms with Gasteiger partial charge in [0, 0.05) is 31.9 Å². The van der Waals surface area contributed by atoms with Gasteiger partial charge in [0.15, 0.2) is 0 Å². The van der Waals surface area contributed by atoms with E-state index in [1.165, 1.54) is 11.1 Å². The lowest BCUT2D eigenvalue weighted by Crippen LogP contribution is -2.36. The number of hydrogen-bond donors (Lipinski definition) is 0. The fraction of sp³-hybridized carbons (Fsp3) is 0.304. The van der Waals surface area contributed by atoms with Gasteiger partial charge in [0.1, 0.15) is 0 Å². The Morgan fingerprint density at radius 1 is 0.929 bits per heavy atom. The maximum Gasteiger partial charge on any atom is 0.236 e. The average Bonchev–Trinajstić information content (AvgIpc) is 3.17. The van der Waals surface area contributed by atoms with E-state index >= 15 is 0 Å². The van der Waals surface area contributed by atoms with Crippen molar-refractivity contribution in [2.75, 3.05) is 20.6 Å². The summed E-state index contributed by atoms with van der Waals surface area (Å²) in [6.45, 7) is 3.85. The summed E-state index contributed by atoms with van der Waals surface area (Å²) in [6, 6.07) is 18.6. The molecule has 1 amide bonds. The summed E-state index contributed by atoms with van der Waals surface area (Å²) >= 11 is 0. The van der Waals surface area contributed by atoms with Gasteiger partial charge in [-0.3, -0.25) is 9.69 Å². The van der Waals surface area contributed by atoms with E-state index in [2.05, 4.69) is 36.3 Å². The standard InChI is InChI=1S/C23H28N4O/c1-4-19-10-12-20(13-11-19)15-25(2)18-23(28)26(3)16-21-14-24-27(17-21)22-8-6-5-7-9-22/h5-14,17H,4,15-16,18H2,1-3H3. The smallest absolute Gasteiger partial charge is 0.236 e. The van der Waals surface area contributed by atoms with Crippen LogP contribution in [-0.4, -0.2) is 46.1 Å². The number of likely N-dealkylation sites (N-methyl/N-ethyl adjacent to an activating group) is 2. The summed E-state index contributed by atoms with van der Waals surface area (Å²) in [5.41, 5.74) is 4.58. The van der Waals surface area contributed by atoms with Crippen molar-refractivity contribution in [3.8, 4) is 5.69 Å². The highest BCUT2D eigenvalue weighted by Gasteiger charge is 2.13. The van der Waals surface area contributed by atoms with Crippen LogP contribution in [0.4, 0.5) is 0 Å². The van der Waals surface area contributed by atoms with E-state index in [0.29, 0.717) is 13.1 Å². The van der Waals surface area contributed by atoms with Crippen LogP contribution in [0.5, 0.6) is 0 Å². The summed E-state index contributed by atoms with van der Waals surface area (Å²) in [4.78, 5) is 16.4. The Hall–Kier alpha value is -2.92. The summed E-state index contributed by atoms with van der Waals surface area (Å²) in [5.74, 6) is 0.0974. The zero-order valence-electron chi connectivity index (χ0n) is 16.9. The molecular weight excluding hydrogens is 348 g/mol. The number of aromatic nitrogens is 2. The molecular formula is C23H28N4O. The molecule has 0 saturated carbocycles. The Labute approximate surface area is 167 Å². The lowest BCUT2D eigenvalue weighted by atomic mass is 10.1. The highest BCUT2D eigenvalue weighted by atomic mass is 16.2. The molecule has 0 N–H and O–H groups in total. The number of carbonyl (C=O) groups is 1. The van der Waals surface area contributed by atoms with E-state index in [1.807, 2.05) is 66.4 Å². The maximum absolute atomic E-state index is 12.6. The van der Waals surface area contributed by atoms with Crippen LogP contribution >= 0.6 is 0 Å². The molecule has 5 nitrogen and oxygen atoms in total. The first-order valence-corrected chi connectivity index (χ1v) is 9.64. The second-order valence-electron chi connectivity index (χ2n) is 7.22. The molecule has 2 aromatic carbocycles. The van der Waals surface area contributed by atoms with E-state index < -0.39 is 0 Å². The molecule has 0 aliphatic carbocycles. The molecule has 0 fully saturated rings. The SMILES string of the molecule is CCc1ccc(CN(C)CC(=O)N(C)Cc2cnn(-c3ccccc3)c2)cc1. The quantitative estimate of drug-likeness (QED) is 0.604. The van der Waals surface area contributed by atoms with Gasteiger partial charge in [0.05, 0.1) is 18.4 Å². The van der Waals surface area contributed by atoms with Crippen LogP contribution in [-0.2, 0) is 24.3 Å². The first kappa shape index (κ1) is 19.8. The number of benzene rings is 2. The largest absolute Gasteiger partial charge is 0.340 e. The van der Waals surface area contributed by atoms with E-state index in [-0.39, 0.29) is 5.91 Å². The number of para-hydroxylation sites is 1. The van der Waals surface area contributed by atoms with Crippen molar-refractivity contribution < 1.29 is 4.79 Å². The minimum absolute atomic E-state index is 0.0974. The zero-order chi connectivity index (χ0) is 19.9. The van der Waals surface area contributed by atoms with Gasteiger partial charge < -0.3 is 4.90 Å². The second kappa shape index (κ2) is 9.33. The first-order valence-electron chi connectivity index (χ1n) is 9.64. The third-order valence-corrected chi connectivity index (χ3v) is 4.79. The molecule has 1 aromatic heterocycles. The minimum atomic E-state index is 0.0974. The molecule has 0 atom stereocenters. The fourth-order valence-corrected chi connectivity index (χ4v) is 3.13. The van der Waals surface area contributed by atoms with Gasteiger partial charge in [-0.15, -0.1) is 0 Å². The van der Waals surface area contributed by atoms with Gasteiger partial charge in [-0.2, -0.15) is 5.10 Å². The van der Waals surface area contributed by atoms with E-state index in [4.69, 9.17) is 0 Å². The van der Waals surface area contributed by atoms with Crippen molar-refractivity contribution in [3.05, 3.63) is 83.7 Å². The molecule has 0 unspecified atom stereocenters. The molecule has 0 radical (unpaired) electrons. The Balaban J connectivity index is 1.52. The monoisotopic (exact) mass is 376 g/mol. The summed E-state index contributed by atoms with van der Waals surface area (Å²) in [7, 11) is 3.82. The number of rotatable bonds is 8. The first-order chi connectivity index (χ1) is 13.5. The molecule has 3 aromatic rings. The third kappa shape index (κ3) is 5.30. The van der Waals surface area contributed by atoms with Crippen LogP contribution in [0.2, 0.25) is 0 Å². The molecule has 0 bridgehead atoms. The van der Waals surface area contributed by atoms with Crippen LogP contribution in [0.3, 0.4) is 0 Å². The Bertz CT molecular complexity index is 886. The summed E-state index contributed by atoms with van der Waals surface area (Å²) in [6.07, 6.45) is 4.83. The minimum Gasteiger partial charge on any atom is -0.340 e. The number of aryl methyl sites for hydroxylation is 1. The fourth-order valence-electron chi connectivity index (χ4n) is 3.13. The highest BCUT2D eigenvalue weighted by Crippen LogP contribution is 2.10. The molecule has 5 heteroatoms. The lowest BCUT2D eigenvalue weighted by Gasteiger charge is -2.21. The predicted octanol–water partition coefficient (Wildman–Crippen LogP) is 3.53. The van der Waals surface area contributed by atoms with Crippen LogP contribution in [0.25, 0.3) is 5.69 Å². The highest BCUT2D eigenvalue weighted by molar-refractivity contribution is 5.77. The van der Waals surface area contributed by atoms with E-state index in [1.54, 1.807) is 4.90 Å². The second-order valence-corrected chi connectivity index (χ2v) is 7.22. The van der Waals surface area contributed by atoms with Crippen molar-refractivity contribution in [3.63, 3.8) is 0 Å². The van der Waals surface area contributed by atoms with Crippen molar-refractivity contribution >= 4 is 5.91 Å². The van der Waals surface area contributed by atoms with Crippen molar-refractivity contribution in [1.82, 2.24) is 19.6 Å². The van der Waals surface area contributed by atoms with Crippen LogP contribution in [0.15, 0.2) is 67.0 Å². The lowest BCUT2D eigenvalue weighted by molar-refractivity contribution is -0.131. The molecule has 0 saturated heterocycles. The van der Waals surface area contributed by atoms with Gasteiger partial charge >= 0.3 is 0 Å². The van der Waals surface area contributed by atoms with Gasteiger partial charge in [-0.25, -0.2) is 4.68 Å². The molecule has 0 spiro atoms. The van der Waals surface area contributed by atoms with Crippen LogP contribution in [0.1, 0.15) is 23.6 Å². The van der Waals surface area contributed by atoms with Crippen molar-refractivity contribution in [1.29, 1.82) is 0 Å². The van der Waals surface area contributed by atoms with Gasteiger partial charge in [0.25, 0.3) is 0 Å². The predicted molar refractivity (Wildman–Crippen MR) is 112 cm³/mol. The molecule has 0 aliphatic heterocycles. The number of hydrogen-bond acceptors (Lipinski definition) is 3. The Kier molecular flexibility index (Phi) is 6.61. The number of nitrogens with zero attached hydrogens (tertiary/aromatic N) is 4. The van der Waals surface area contributed by atoms with Crippen molar-refractivity contribution in [2.45, 2.75) is 26.4 Å². The summed E-state index contributed by atoms with van der Waals surface area (Å²) in [5, 5.41) is 4.40. The number of carbonyl (C=O) groups excluding carboxylic acids is 1. The van der Waals surface area contributed by atoms with E-state index in [0.717, 1.165) is 24.2 Å². The van der Waals surface area contributed by atoms with Gasteiger partial charge in [0.2, 0.25) is 5.91 Å². The average molecular weight is 377 g/mol. The molecule has 0 aliphatic rings. The molecule has 1 heterocycles. The number of amides is 1. The zero-order valence-corrected chi connectivity index (χ0v) is 16.9. The van der Waals surface area contributed by atoms with E-state index in [9.17, 15) is 4.79 Å². The Morgan fingerprint density at radius 2 is 1.61 bits per heavy atom. The van der Waals surface area contributed by atoms with Gasteiger partial charge in [-0.1, -0.05) is 49.4 Å². The Morgan fingerprint density at radius 3 is 2.29 bits per heavy atom.